The van der Waals surface area contributed by atoms with Crippen molar-refractivity contribution in [3.8, 4) is 0 Å². The molecule has 0 atom stereocenters. The largest absolute Gasteiger partial charge is 0.304 e. The van der Waals surface area contributed by atoms with Gasteiger partial charge in [0.2, 0.25) is 0 Å². The van der Waals surface area contributed by atoms with Gasteiger partial charge in [0, 0.05) is 26.2 Å². The van der Waals surface area contributed by atoms with Gasteiger partial charge in [-0.1, -0.05) is 41.5 Å². The first-order chi connectivity index (χ1) is 8.67. The normalized spacial score (nSPS) is 11.0. The summed E-state index contributed by atoms with van der Waals surface area (Å²) in [5, 5.41) is 0. The number of hydrogen-bond acceptors (Lipinski definition) is 3. The van der Waals surface area contributed by atoms with Gasteiger partial charge in [-0.15, -0.1) is 0 Å². The van der Waals surface area contributed by atoms with Crippen molar-refractivity contribution >= 4 is 0 Å². The van der Waals surface area contributed by atoms with Crippen LogP contribution in [0, 0.1) is 0 Å². The zero-order valence-corrected chi connectivity index (χ0v) is 14.0. The first-order valence-corrected chi connectivity index (χ1v) is 7.81. The van der Waals surface area contributed by atoms with Crippen LogP contribution in [0.1, 0.15) is 41.5 Å². The van der Waals surface area contributed by atoms with Crippen LogP contribution in [0.3, 0.4) is 0 Å². The van der Waals surface area contributed by atoms with Gasteiger partial charge in [-0.05, 0) is 33.2 Å². The molecule has 3 heteroatoms. The summed E-state index contributed by atoms with van der Waals surface area (Å²) >= 11 is 0. The smallest absolute Gasteiger partial charge is 0.0109 e. The molecule has 0 radical (unpaired) electrons. The first kappa shape index (κ1) is 20.2. The molecule has 0 heterocycles. The molecule has 0 saturated carbocycles. The average Bonchev–Trinajstić information content (AvgIpc) is 2.43. The van der Waals surface area contributed by atoms with Crippen LogP contribution in [-0.4, -0.2) is 74.1 Å². The maximum absolute atomic E-state index is 2.48. The predicted octanol–water partition coefficient (Wildman–Crippen LogP) is 2.63. The Morgan fingerprint density at radius 3 is 1.06 bits per heavy atom. The average molecular weight is 259 g/mol. The second kappa shape index (κ2) is 14.9. The lowest BCUT2D eigenvalue weighted by molar-refractivity contribution is 0.210. The monoisotopic (exact) mass is 259 g/mol. The molecule has 0 aliphatic heterocycles. The quantitative estimate of drug-likeness (QED) is 0.597. The molecule has 0 aromatic rings. The third kappa shape index (κ3) is 11.0. The Morgan fingerprint density at radius 1 is 0.556 bits per heavy atom. The van der Waals surface area contributed by atoms with Gasteiger partial charge in [0.05, 0.1) is 0 Å². The lowest BCUT2D eigenvalue weighted by atomic mass is 10.4. The first-order valence-electron chi connectivity index (χ1n) is 7.81. The molecule has 0 aromatic carbocycles. The van der Waals surface area contributed by atoms with Gasteiger partial charge in [-0.25, -0.2) is 0 Å². The Morgan fingerprint density at radius 2 is 0.833 bits per heavy atom. The standard InChI is InChI=1S/C13H31N3.C2H6/c1-6-15(7-2)12-10-14(5)11-13-16(8-3)9-4;1-2/h6-13H2,1-5H3;1-2H3. The molecule has 0 fully saturated rings. The molecule has 0 aliphatic carbocycles. The van der Waals surface area contributed by atoms with Crippen LogP contribution in [0.5, 0.6) is 0 Å². The minimum absolute atomic E-state index is 1.17. The molecule has 0 saturated heterocycles. The Balaban J connectivity index is 0. The van der Waals surface area contributed by atoms with E-state index < -0.39 is 0 Å². The van der Waals surface area contributed by atoms with Crippen molar-refractivity contribution in [3.05, 3.63) is 0 Å². The van der Waals surface area contributed by atoms with E-state index in [0.717, 1.165) is 0 Å². The zero-order chi connectivity index (χ0) is 14.4. The van der Waals surface area contributed by atoms with Gasteiger partial charge < -0.3 is 14.7 Å². The van der Waals surface area contributed by atoms with Crippen LogP contribution in [0.4, 0.5) is 0 Å². The Kier molecular flexibility index (Phi) is 16.8. The molecule has 0 bridgehead atoms. The van der Waals surface area contributed by atoms with Crippen molar-refractivity contribution in [2.24, 2.45) is 0 Å². The number of rotatable bonds is 10. The van der Waals surface area contributed by atoms with Crippen LogP contribution in [0.15, 0.2) is 0 Å². The maximum Gasteiger partial charge on any atom is 0.0109 e. The predicted molar refractivity (Wildman–Crippen MR) is 84.4 cm³/mol. The molecular formula is C15H37N3. The SMILES string of the molecule is CC.CCN(CC)CCN(C)CCN(CC)CC. The number of likely N-dealkylation sites (N-methyl/N-ethyl adjacent to an activating group) is 3. The Bertz CT molecular complexity index is 127. The van der Waals surface area contributed by atoms with E-state index >= 15 is 0 Å². The number of nitrogens with zero attached hydrogens (tertiary/aromatic N) is 3. The van der Waals surface area contributed by atoms with Crippen molar-refractivity contribution < 1.29 is 0 Å². The van der Waals surface area contributed by atoms with Crippen LogP contribution in [-0.2, 0) is 0 Å². The van der Waals surface area contributed by atoms with Crippen molar-refractivity contribution in [1.82, 2.24) is 14.7 Å². The molecule has 0 N–H and O–H groups in total. The van der Waals surface area contributed by atoms with E-state index in [1.807, 2.05) is 13.8 Å². The molecule has 112 valence electrons. The molecule has 3 nitrogen and oxygen atoms in total. The molecule has 0 spiro atoms. The van der Waals surface area contributed by atoms with Crippen molar-refractivity contribution in [3.63, 3.8) is 0 Å². The highest BCUT2D eigenvalue weighted by Crippen LogP contribution is 1.92. The van der Waals surface area contributed by atoms with Crippen LogP contribution >= 0.6 is 0 Å². The number of hydrogen-bond donors (Lipinski definition) is 0. The van der Waals surface area contributed by atoms with E-state index in [9.17, 15) is 0 Å². The third-order valence-electron chi connectivity index (χ3n) is 3.38. The summed E-state index contributed by atoms with van der Waals surface area (Å²) in [6.45, 7) is 22.4. The van der Waals surface area contributed by atoms with Crippen LogP contribution in [0.25, 0.3) is 0 Å². The maximum atomic E-state index is 2.48. The lowest BCUT2D eigenvalue weighted by Gasteiger charge is -2.25. The van der Waals surface area contributed by atoms with E-state index in [0.29, 0.717) is 0 Å². The van der Waals surface area contributed by atoms with Crippen molar-refractivity contribution in [2.75, 3.05) is 59.4 Å². The van der Waals surface area contributed by atoms with Gasteiger partial charge in [-0.3, -0.25) is 0 Å². The summed E-state index contributed by atoms with van der Waals surface area (Å²) in [7, 11) is 2.23. The second-order valence-electron chi connectivity index (χ2n) is 4.36. The van der Waals surface area contributed by atoms with E-state index in [2.05, 4.69) is 49.4 Å². The molecule has 0 aromatic heterocycles. The molecule has 0 rings (SSSR count). The molecule has 0 unspecified atom stereocenters. The summed E-state index contributed by atoms with van der Waals surface area (Å²) in [6, 6.07) is 0. The Labute approximate surface area is 116 Å². The fourth-order valence-electron chi connectivity index (χ4n) is 1.82. The molecular weight excluding hydrogens is 222 g/mol. The minimum Gasteiger partial charge on any atom is -0.304 e. The topological polar surface area (TPSA) is 9.72 Å². The van der Waals surface area contributed by atoms with E-state index in [4.69, 9.17) is 0 Å². The van der Waals surface area contributed by atoms with Gasteiger partial charge in [0.15, 0.2) is 0 Å². The zero-order valence-electron chi connectivity index (χ0n) is 14.0. The summed E-state index contributed by atoms with van der Waals surface area (Å²) in [6.07, 6.45) is 0. The van der Waals surface area contributed by atoms with Gasteiger partial charge >= 0.3 is 0 Å². The van der Waals surface area contributed by atoms with E-state index in [-0.39, 0.29) is 0 Å². The van der Waals surface area contributed by atoms with Crippen molar-refractivity contribution in [2.45, 2.75) is 41.5 Å². The van der Waals surface area contributed by atoms with Gasteiger partial charge in [-0.2, -0.15) is 0 Å². The van der Waals surface area contributed by atoms with Gasteiger partial charge in [0.1, 0.15) is 0 Å². The van der Waals surface area contributed by atoms with Crippen molar-refractivity contribution in [1.29, 1.82) is 0 Å². The summed E-state index contributed by atoms with van der Waals surface area (Å²) in [5.74, 6) is 0. The summed E-state index contributed by atoms with van der Waals surface area (Å²) in [5.41, 5.74) is 0. The molecule has 0 amide bonds. The fourth-order valence-corrected chi connectivity index (χ4v) is 1.82. The third-order valence-corrected chi connectivity index (χ3v) is 3.38. The lowest BCUT2D eigenvalue weighted by Crippen LogP contribution is -2.37. The summed E-state index contributed by atoms with van der Waals surface area (Å²) < 4.78 is 0. The highest BCUT2D eigenvalue weighted by Gasteiger charge is 2.04. The molecule has 0 aliphatic rings. The van der Waals surface area contributed by atoms with Gasteiger partial charge in [0.25, 0.3) is 0 Å². The fraction of sp³-hybridized carbons (Fsp3) is 1.00. The Hall–Kier alpha value is -0.120. The highest BCUT2D eigenvalue weighted by molar-refractivity contribution is 4.61. The second-order valence-corrected chi connectivity index (χ2v) is 4.36. The summed E-state index contributed by atoms with van der Waals surface area (Å²) in [4.78, 5) is 7.40. The van der Waals surface area contributed by atoms with Crippen LogP contribution < -0.4 is 0 Å². The van der Waals surface area contributed by atoms with E-state index in [1.54, 1.807) is 0 Å². The molecule has 18 heavy (non-hydrogen) atoms. The highest BCUT2D eigenvalue weighted by atomic mass is 15.2. The minimum atomic E-state index is 1.17. The van der Waals surface area contributed by atoms with Crippen LogP contribution in [0.2, 0.25) is 0 Å². The van der Waals surface area contributed by atoms with E-state index in [1.165, 1.54) is 52.4 Å².